The molecule has 5 heteroatoms. The molecule has 0 aliphatic heterocycles. The highest BCUT2D eigenvalue weighted by atomic mass is 16.5. The van der Waals surface area contributed by atoms with Crippen LogP contribution in [0.2, 0.25) is 0 Å². The average Bonchev–Trinajstić information content (AvgIpc) is 2.42. The van der Waals surface area contributed by atoms with Crippen LogP contribution in [0.3, 0.4) is 0 Å². The van der Waals surface area contributed by atoms with Gasteiger partial charge in [0.2, 0.25) is 0 Å². The standard InChI is InChI=1S/C14H24N2O3/c1-15-9-11(16(2)3)10-7-13(18-5)14(19-6)8-12(10)17-4/h7-8,11,15H,9H2,1-6H3. The van der Waals surface area contributed by atoms with Crippen LogP contribution < -0.4 is 19.5 Å². The maximum atomic E-state index is 5.47. The molecule has 0 radical (unpaired) electrons. The van der Waals surface area contributed by atoms with E-state index in [1.165, 1.54) is 0 Å². The molecule has 0 amide bonds. The van der Waals surface area contributed by atoms with Crippen molar-refractivity contribution < 1.29 is 14.2 Å². The third-order valence-corrected chi connectivity index (χ3v) is 3.12. The van der Waals surface area contributed by atoms with Crippen molar-refractivity contribution in [3.63, 3.8) is 0 Å². The Balaban J connectivity index is 3.30. The van der Waals surface area contributed by atoms with Crippen molar-refractivity contribution in [2.24, 2.45) is 0 Å². The highest BCUT2D eigenvalue weighted by Crippen LogP contribution is 2.38. The molecule has 1 unspecified atom stereocenters. The molecule has 0 aromatic heterocycles. The van der Waals surface area contributed by atoms with Gasteiger partial charge in [0.15, 0.2) is 11.5 Å². The van der Waals surface area contributed by atoms with Crippen molar-refractivity contribution in [1.82, 2.24) is 10.2 Å². The van der Waals surface area contributed by atoms with Gasteiger partial charge in [0.25, 0.3) is 0 Å². The maximum Gasteiger partial charge on any atom is 0.164 e. The van der Waals surface area contributed by atoms with Crippen LogP contribution in [0.15, 0.2) is 12.1 Å². The molecule has 108 valence electrons. The number of hydrogen-bond donors (Lipinski definition) is 1. The van der Waals surface area contributed by atoms with Crippen molar-refractivity contribution in [3.8, 4) is 17.2 Å². The van der Waals surface area contributed by atoms with E-state index in [1.807, 2.05) is 33.3 Å². The molecule has 1 atom stereocenters. The van der Waals surface area contributed by atoms with Crippen LogP contribution in [0.5, 0.6) is 17.2 Å². The second-order valence-corrected chi connectivity index (χ2v) is 4.49. The van der Waals surface area contributed by atoms with E-state index in [-0.39, 0.29) is 6.04 Å². The molecule has 0 bridgehead atoms. The Kier molecular flexibility index (Phi) is 5.92. The van der Waals surface area contributed by atoms with Crippen LogP contribution in [-0.2, 0) is 0 Å². The second kappa shape index (κ2) is 7.21. The highest BCUT2D eigenvalue weighted by Gasteiger charge is 2.21. The van der Waals surface area contributed by atoms with Crippen LogP contribution in [0.4, 0.5) is 0 Å². The lowest BCUT2D eigenvalue weighted by Gasteiger charge is -2.27. The number of benzene rings is 1. The van der Waals surface area contributed by atoms with Crippen LogP contribution in [-0.4, -0.2) is 53.9 Å². The molecular formula is C14H24N2O3. The van der Waals surface area contributed by atoms with Crippen molar-refractivity contribution in [2.45, 2.75) is 6.04 Å². The molecular weight excluding hydrogens is 244 g/mol. The number of hydrogen-bond acceptors (Lipinski definition) is 5. The van der Waals surface area contributed by atoms with Gasteiger partial charge in [0, 0.05) is 18.2 Å². The normalized spacial score (nSPS) is 12.4. The number of ether oxygens (including phenoxy) is 3. The predicted octanol–water partition coefficient (Wildman–Crippen LogP) is 1.53. The molecule has 5 nitrogen and oxygen atoms in total. The Morgan fingerprint density at radius 1 is 1.00 bits per heavy atom. The molecule has 0 aliphatic rings. The van der Waals surface area contributed by atoms with E-state index < -0.39 is 0 Å². The van der Waals surface area contributed by atoms with E-state index in [2.05, 4.69) is 10.2 Å². The second-order valence-electron chi connectivity index (χ2n) is 4.49. The van der Waals surface area contributed by atoms with Gasteiger partial charge >= 0.3 is 0 Å². The van der Waals surface area contributed by atoms with E-state index in [0.717, 1.165) is 17.9 Å². The minimum atomic E-state index is 0.194. The summed E-state index contributed by atoms with van der Waals surface area (Å²) in [4.78, 5) is 2.14. The SMILES string of the molecule is CNCC(c1cc(OC)c(OC)cc1OC)N(C)C. The van der Waals surface area contributed by atoms with Crippen LogP contribution >= 0.6 is 0 Å². The molecule has 0 spiro atoms. The number of nitrogens with zero attached hydrogens (tertiary/aromatic N) is 1. The van der Waals surface area contributed by atoms with Gasteiger partial charge in [-0.3, -0.25) is 0 Å². The average molecular weight is 268 g/mol. The lowest BCUT2D eigenvalue weighted by atomic mass is 10.0. The summed E-state index contributed by atoms with van der Waals surface area (Å²) in [6, 6.07) is 4.03. The van der Waals surface area contributed by atoms with Gasteiger partial charge in [-0.2, -0.15) is 0 Å². The molecule has 1 aromatic carbocycles. The van der Waals surface area contributed by atoms with E-state index in [1.54, 1.807) is 21.3 Å². The Morgan fingerprint density at radius 3 is 1.95 bits per heavy atom. The summed E-state index contributed by atoms with van der Waals surface area (Å²) in [7, 11) is 10.9. The Morgan fingerprint density at radius 2 is 1.53 bits per heavy atom. The first-order valence-electron chi connectivity index (χ1n) is 6.19. The zero-order valence-corrected chi connectivity index (χ0v) is 12.6. The zero-order chi connectivity index (χ0) is 14.4. The quantitative estimate of drug-likeness (QED) is 0.812. The van der Waals surface area contributed by atoms with Crippen molar-refractivity contribution >= 4 is 0 Å². The van der Waals surface area contributed by atoms with Crippen LogP contribution in [0.1, 0.15) is 11.6 Å². The van der Waals surface area contributed by atoms with Crippen molar-refractivity contribution in [3.05, 3.63) is 17.7 Å². The summed E-state index contributed by atoms with van der Waals surface area (Å²) in [6.45, 7) is 0.818. The molecule has 0 saturated carbocycles. The summed E-state index contributed by atoms with van der Waals surface area (Å²) in [5.74, 6) is 2.18. The van der Waals surface area contributed by atoms with Gasteiger partial charge in [-0.05, 0) is 27.2 Å². The van der Waals surface area contributed by atoms with Crippen LogP contribution in [0.25, 0.3) is 0 Å². The van der Waals surface area contributed by atoms with Gasteiger partial charge in [0.05, 0.1) is 27.4 Å². The summed E-state index contributed by atoms with van der Waals surface area (Å²) >= 11 is 0. The van der Waals surface area contributed by atoms with Gasteiger partial charge < -0.3 is 24.4 Å². The maximum absolute atomic E-state index is 5.47. The largest absolute Gasteiger partial charge is 0.496 e. The van der Waals surface area contributed by atoms with Gasteiger partial charge in [-0.15, -0.1) is 0 Å². The Bertz CT molecular complexity index is 408. The van der Waals surface area contributed by atoms with Crippen LogP contribution in [0, 0.1) is 0 Å². The Labute approximate surface area is 115 Å². The Hall–Kier alpha value is -1.46. The first kappa shape index (κ1) is 15.6. The summed E-state index contributed by atoms with van der Waals surface area (Å²) in [6.07, 6.45) is 0. The topological polar surface area (TPSA) is 43.0 Å². The first-order chi connectivity index (χ1) is 9.08. The fraction of sp³-hybridized carbons (Fsp3) is 0.571. The molecule has 0 heterocycles. The van der Waals surface area contributed by atoms with Gasteiger partial charge in [0.1, 0.15) is 5.75 Å². The molecule has 0 fully saturated rings. The molecule has 0 saturated heterocycles. The minimum Gasteiger partial charge on any atom is -0.496 e. The van der Waals surface area contributed by atoms with E-state index in [0.29, 0.717) is 11.5 Å². The highest BCUT2D eigenvalue weighted by molar-refractivity contribution is 5.52. The summed E-state index contributed by atoms with van der Waals surface area (Å²) < 4.78 is 16.1. The smallest absolute Gasteiger partial charge is 0.164 e. The lowest BCUT2D eigenvalue weighted by Crippen LogP contribution is -2.29. The predicted molar refractivity (Wildman–Crippen MR) is 76.5 cm³/mol. The number of rotatable bonds is 7. The lowest BCUT2D eigenvalue weighted by molar-refractivity contribution is 0.280. The fourth-order valence-corrected chi connectivity index (χ4v) is 2.08. The van der Waals surface area contributed by atoms with E-state index in [9.17, 15) is 0 Å². The molecule has 1 aromatic rings. The van der Waals surface area contributed by atoms with E-state index in [4.69, 9.17) is 14.2 Å². The number of nitrogens with one attached hydrogen (secondary N) is 1. The summed E-state index contributed by atoms with van der Waals surface area (Å²) in [5.41, 5.74) is 1.07. The molecule has 1 rings (SSSR count). The molecule has 0 aliphatic carbocycles. The van der Waals surface area contributed by atoms with Gasteiger partial charge in [-0.1, -0.05) is 0 Å². The summed E-state index contributed by atoms with van der Waals surface area (Å²) in [5, 5.41) is 3.20. The first-order valence-corrected chi connectivity index (χ1v) is 6.19. The number of methoxy groups -OCH3 is 3. The minimum absolute atomic E-state index is 0.194. The van der Waals surface area contributed by atoms with Crippen molar-refractivity contribution in [2.75, 3.05) is 49.0 Å². The molecule has 19 heavy (non-hydrogen) atoms. The molecule has 1 N–H and O–H groups in total. The monoisotopic (exact) mass is 268 g/mol. The zero-order valence-electron chi connectivity index (χ0n) is 12.6. The van der Waals surface area contributed by atoms with E-state index >= 15 is 0 Å². The van der Waals surface area contributed by atoms with Gasteiger partial charge in [-0.25, -0.2) is 0 Å². The number of likely N-dealkylation sites (N-methyl/N-ethyl adjacent to an activating group) is 2. The third-order valence-electron chi connectivity index (χ3n) is 3.12. The fourth-order valence-electron chi connectivity index (χ4n) is 2.08. The van der Waals surface area contributed by atoms with Crippen molar-refractivity contribution in [1.29, 1.82) is 0 Å². The third kappa shape index (κ3) is 3.52.